The Morgan fingerprint density at radius 2 is 2.05 bits per heavy atom. The fourth-order valence-electron chi connectivity index (χ4n) is 2.44. The van der Waals surface area contributed by atoms with Crippen LogP contribution in [0.15, 0.2) is 23.8 Å². The van der Waals surface area contributed by atoms with Gasteiger partial charge in [0.05, 0.1) is 0 Å². The predicted molar refractivity (Wildman–Crippen MR) is 78.2 cm³/mol. The Morgan fingerprint density at radius 3 is 2.68 bits per heavy atom. The lowest BCUT2D eigenvalue weighted by atomic mass is 10.2. The smallest absolute Gasteiger partial charge is 0.342 e. The highest BCUT2D eigenvalue weighted by Gasteiger charge is 2.34. The zero-order chi connectivity index (χ0) is 15.7. The van der Waals surface area contributed by atoms with Gasteiger partial charge in [-0.2, -0.15) is 13.2 Å². The molecule has 0 aromatic carbocycles. The minimum atomic E-state index is -4.45. The highest BCUT2D eigenvalue weighted by Crippen LogP contribution is 2.29. The van der Waals surface area contributed by atoms with Gasteiger partial charge >= 0.3 is 6.18 Å². The molecule has 0 aliphatic carbocycles. The summed E-state index contributed by atoms with van der Waals surface area (Å²) in [7, 11) is 0. The monoisotopic (exact) mass is 329 g/mol. The molecule has 0 amide bonds. The number of halogens is 3. The van der Waals surface area contributed by atoms with Crippen LogP contribution in [0.5, 0.6) is 0 Å². The molecule has 1 unspecified atom stereocenters. The van der Waals surface area contributed by atoms with Gasteiger partial charge in [-0.25, -0.2) is 15.0 Å². The van der Waals surface area contributed by atoms with E-state index in [2.05, 4.69) is 19.9 Å². The van der Waals surface area contributed by atoms with Crippen LogP contribution in [0.25, 0.3) is 0 Å². The number of hydrogen-bond donors (Lipinski definition) is 0. The van der Waals surface area contributed by atoms with Gasteiger partial charge in [0.1, 0.15) is 5.69 Å². The number of aromatic nitrogens is 3. The maximum atomic E-state index is 12.7. The highest BCUT2D eigenvalue weighted by atomic mass is 32.1. The van der Waals surface area contributed by atoms with E-state index in [0.29, 0.717) is 19.6 Å². The van der Waals surface area contributed by atoms with Crippen LogP contribution in [0.1, 0.15) is 12.6 Å². The summed E-state index contributed by atoms with van der Waals surface area (Å²) >= 11 is 1.55. The van der Waals surface area contributed by atoms with Gasteiger partial charge in [-0.15, -0.1) is 11.3 Å². The average Bonchev–Trinajstić information content (AvgIpc) is 3.00. The Labute approximate surface area is 129 Å². The molecule has 1 aliphatic rings. The van der Waals surface area contributed by atoms with E-state index in [9.17, 15) is 13.2 Å². The van der Waals surface area contributed by atoms with E-state index in [-0.39, 0.29) is 12.0 Å². The van der Waals surface area contributed by atoms with Crippen LogP contribution in [0, 0.1) is 0 Å². The van der Waals surface area contributed by atoms with Crippen molar-refractivity contribution < 1.29 is 13.2 Å². The fraction of sp³-hybridized carbons (Fsp3) is 0.462. The molecule has 0 saturated carbocycles. The molecule has 0 spiro atoms. The summed E-state index contributed by atoms with van der Waals surface area (Å²) in [5.41, 5.74) is -0.910. The van der Waals surface area contributed by atoms with Crippen LogP contribution < -0.4 is 9.80 Å². The first-order valence-electron chi connectivity index (χ1n) is 6.76. The largest absolute Gasteiger partial charge is 0.433 e. The second-order valence-corrected chi connectivity index (χ2v) is 5.92. The topological polar surface area (TPSA) is 45.2 Å². The molecule has 1 saturated heterocycles. The van der Waals surface area contributed by atoms with Gasteiger partial charge in [0.25, 0.3) is 0 Å². The standard InChI is InChI=1S/C13H14F3N5S/c1-9-8-20(5-6-21(9)12-18-4-7-22-12)11-17-3-2-10(19-11)13(14,15)16/h2-4,7,9H,5-6,8H2,1H3. The van der Waals surface area contributed by atoms with Crippen molar-refractivity contribution in [3.05, 3.63) is 29.5 Å². The first-order valence-corrected chi connectivity index (χ1v) is 7.64. The quantitative estimate of drug-likeness (QED) is 0.848. The maximum Gasteiger partial charge on any atom is 0.433 e. The number of piperazine rings is 1. The Morgan fingerprint density at radius 1 is 1.23 bits per heavy atom. The van der Waals surface area contributed by atoms with Crippen LogP contribution in [0.2, 0.25) is 0 Å². The fourth-order valence-corrected chi connectivity index (χ4v) is 3.21. The number of nitrogens with zero attached hydrogens (tertiary/aromatic N) is 5. The minimum absolute atomic E-state index is 0.123. The van der Waals surface area contributed by atoms with Crippen LogP contribution >= 0.6 is 11.3 Å². The number of thiazole rings is 1. The minimum Gasteiger partial charge on any atom is -0.342 e. The summed E-state index contributed by atoms with van der Waals surface area (Å²) in [6.45, 7) is 3.81. The van der Waals surface area contributed by atoms with Gasteiger partial charge in [-0.05, 0) is 13.0 Å². The Balaban J connectivity index is 1.75. The van der Waals surface area contributed by atoms with Crippen molar-refractivity contribution in [2.75, 3.05) is 29.4 Å². The van der Waals surface area contributed by atoms with Crippen LogP contribution in [-0.4, -0.2) is 40.6 Å². The lowest BCUT2D eigenvalue weighted by Crippen LogP contribution is -2.52. The maximum absolute atomic E-state index is 12.7. The molecule has 0 radical (unpaired) electrons. The molecule has 3 heterocycles. The average molecular weight is 329 g/mol. The SMILES string of the molecule is CC1CN(c2nccc(C(F)(F)F)n2)CCN1c1nccs1. The Kier molecular flexibility index (Phi) is 3.90. The first kappa shape index (κ1) is 15.0. The van der Waals surface area contributed by atoms with E-state index in [1.165, 1.54) is 0 Å². The van der Waals surface area contributed by atoms with Gasteiger partial charge in [-0.1, -0.05) is 0 Å². The van der Waals surface area contributed by atoms with Gasteiger partial charge in [0, 0.05) is 43.4 Å². The summed E-state index contributed by atoms with van der Waals surface area (Å²) in [5.74, 6) is 0.125. The van der Waals surface area contributed by atoms with Crippen molar-refractivity contribution in [2.45, 2.75) is 19.1 Å². The van der Waals surface area contributed by atoms with Crippen molar-refractivity contribution in [3.8, 4) is 0 Å². The molecule has 0 N–H and O–H groups in total. The molecule has 3 rings (SSSR count). The summed E-state index contributed by atoms with van der Waals surface area (Å²) < 4.78 is 38.2. The number of rotatable bonds is 2. The molecule has 118 valence electrons. The van der Waals surface area contributed by atoms with Crippen molar-refractivity contribution in [3.63, 3.8) is 0 Å². The van der Waals surface area contributed by atoms with E-state index in [1.807, 2.05) is 12.3 Å². The predicted octanol–water partition coefficient (Wildman–Crippen LogP) is 2.67. The van der Waals surface area contributed by atoms with Crippen molar-refractivity contribution in [1.29, 1.82) is 0 Å². The third-order valence-corrected chi connectivity index (χ3v) is 4.32. The molecule has 9 heteroatoms. The second kappa shape index (κ2) is 5.71. The summed E-state index contributed by atoms with van der Waals surface area (Å²) in [5, 5.41) is 2.83. The van der Waals surface area contributed by atoms with Gasteiger partial charge in [0.2, 0.25) is 5.95 Å². The van der Waals surface area contributed by atoms with Crippen molar-refractivity contribution in [1.82, 2.24) is 15.0 Å². The zero-order valence-electron chi connectivity index (χ0n) is 11.8. The van der Waals surface area contributed by atoms with Gasteiger partial charge < -0.3 is 9.80 Å². The van der Waals surface area contributed by atoms with E-state index < -0.39 is 11.9 Å². The van der Waals surface area contributed by atoms with E-state index in [4.69, 9.17) is 0 Å². The molecule has 5 nitrogen and oxygen atoms in total. The second-order valence-electron chi connectivity index (χ2n) is 5.04. The van der Waals surface area contributed by atoms with Crippen molar-refractivity contribution in [2.24, 2.45) is 0 Å². The Bertz CT molecular complexity index is 631. The molecule has 1 fully saturated rings. The van der Waals surface area contributed by atoms with E-state index >= 15 is 0 Å². The van der Waals surface area contributed by atoms with Crippen LogP contribution in [-0.2, 0) is 6.18 Å². The van der Waals surface area contributed by atoms with E-state index in [0.717, 1.165) is 17.4 Å². The number of alkyl halides is 3. The molecule has 0 bridgehead atoms. The molecular formula is C13H14F3N5S. The van der Waals surface area contributed by atoms with Crippen molar-refractivity contribution >= 4 is 22.4 Å². The van der Waals surface area contributed by atoms with E-state index in [1.54, 1.807) is 22.4 Å². The summed E-state index contributed by atoms with van der Waals surface area (Å²) in [4.78, 5) is 15.8. The normalized spacial score (nSPS) is 19.5. The summed E-state index contributed by atoms with van der Waals surface area (Å²) in [6, 6.07) is 1.01. The van der Waals surface area contributed by atoms with Gasteiger partial charge in [0.15, 0.2) is 5.13 Å². The third-order valence-electron chi connectivity index (χ3n) is 3.51. The Hall–Kier alpha value is -1.90. The molecule has 1 atom stereocenters. The lowest BCUT2D eigenvalue weighted by Gasteiger charge is -2.39. The summed E-state index contributed by atoms with van der Waals surface area (Å²) in [6.07, 6.45) is -1.55. The first-order chi connectivity index (χ1) is 10.4. The van der Waals surface area contributed by atoms with Gasteiger partial charge in [-0.3, -0.25) is 0 Å². The molecule has 22 heavy (non-hydrogen) atoms. The number of anilines is 2. The molecule has 2 aromatic heterocycles. The highest BCUT2D eigenvalue weighted by molar-refractivity contribution is 7.13. The van der Waals surface area contributed by atoms with Crippen LogP contribution in [0.4, 0.5) is 24.3 Å². The lowest BCUT2D eigenvalue weighted by molar-refractivity contribution is -0.141. The third kappa shape index (κ3) is 2.99. The molecular weight excluding hydrogens is 315 g/mol. The zero-order valence-corrected chi connectivity index (χ0v) is 12.6. The van der Waals surface area contributed by atoms with Crippen LogP contribution in [0.3, 0.4) is 0 Å². The molecule has 2 aromatic rings. The number of hydrogen-bond acceptors (Lipinski definition) is 6. The molecule has 1 aliphatic heterocycles.